The van der Waals surface area contributed by atoms with Crippen LogP contribution in [-0.4, -0.2) is 26.3 Å². The summed E-state index contributed by atoms with van der Waals surface area (Å²) in [6.45, 7) is 10.5. The maximum Gasteiger partial charge on any atom is 0.0465 e. The molecule has 0 spiro atoms. The molecule has 0 aliphatic heterocycles. The average Bonchev–Trinajstić information content (AvgIpc) is 2.14. The van der Waals surface area contributed by atoms with E-state index in [1.165, 1.54) is 19.3 Å². The number of hydrogen-bond acceptors (Lipinski definition) is 2. The standard InChI is InChI=1S/C11H25NO/c1-4-12-10-11(3)8-6-7-9-13-5-2/h11-12H,4-10H2,1-3H3. The maximum atomic E-state index is 5.28. The van der Waals surface area contributed by atoms with Crippen molar-refractivity contribution < 1.29 is 4.74 Å². The number of unbranched alkanes of at least 4 members (excludes halogenated alkanes) is 1. The smallest absolute Gasteiger partial charge is 0.0465 e. The average molecular weight is 187 g/mol. The van der Waals surface area contributed by atoms with Gasteiger partial charge in [-0.1, -0.05) is 20.3 Å². The van der Waals surface area contributed by atoms with E-state index in [4.69, 9.17) is 4.74 Å². The molecule has 0 rings (SSSR count). The fraction of sp³-hybridized carbons (Fsp3) is 1.00. The number of rotatable bonds is 9. The van der Waals surface area contributed by atoms with Crippen molar-refractivity contribution >= 4 is 0 Å². The summed E-state index contributed by atoms with van der Waals surface area (Å²) in [6, 6.07) is 0. The molecule has 0 aromatic rings. The van der Waals surface area contributed by atoms with Gasteiger partial charge in [0, 0.05) is 13.2 Å². The topological polar surface area (TPSA) is 21.3 Å². The first-order valence-electron chi connectivity index (χ1n) is 5.59. The summed E-state index contributed by atoms with van der Waals surface area (Å²) in [5.74, 6) is 0.807. The van der Waals surface area contributed by atoms with Crippen molar-refractivity contribution in [1.29, 1.82) is 0 Å². The molecule has 0 aliphatic rings. The molecule has 1 atom stereocenters. The third-order valence-corrected chi connectivity index (χ3v) is 2.18. The van der Waals surface area contributed by atoms with E-state index in [0.29, 0.717) is 0 Å². The molecular weight excluding hydrogens is 162 g/mol. The van der Waals surface area contributed by atoms with Crippen molar-refractivity contribution in [2.45, 2.75) is 40.0 Å². The molecule has 80 valence electrons. The Morgan fingerprint density at radius 3 is 2.62 bits per heavy atom. The van der Waals surface area contributed by atoms with Crippen molar-refractivity contribution in [2.75, 3.05) is 26.3 Å². The van der Waals surface area contributed by atoms with Crippen LogP contribution in [0.25, 0.3) is 0 Å². The van der Waals surface area contributed by atoms with Gasteiger partial charge in [-0.15, -0.1) is 0 Å². The van der Waals surface area contributed by atoms with Crippen LogP contribution in [0.4, 0.5) is 0 Å². The van der Waals surface area contributed by atoms with Gasteiger partial charge < -0.3 is 10.1 Å². The lowest BCUT2D eigenvalue weighted by Crippen LogP contribution is -2.20. The first-order chi connectivity index (χ1) is 6.31. The molecule has 2 nitrogen and oxygen atoms in total. The molecule has 0 aromatic carbocycles. The van der Waals surface area contributed by atoms with E-state index in [-0.39, 0.29) is 0 Å². The van der Waals surface area contributed by atoms with Crippen molar-refractivity contribution in [3.63, 3.8) is 0 Å². The number of hydrogen-bond donors (Lipinski definition) is 1. The lowest BCUT2D eigenvalue weighted by Gasteiger charge is -2.11. The van der Waals surface area contributed by atoms with Crippen LogP contribution in [0.5, 0.6) is 0 Å². The van der Waals surface area contributed by atoms with Crippen LogP contribution in [0.1, 0.15) is 40.0 Å². The first-order valence-corrected chi connectivity index (χ1v) is 5.59. The molecule has 0 saturated heterocycles. The molecule has 1 unspecified atom stereocenters. The van der Waals surface area contributed by atoms with Crippen LogP contribution in [0.15, 0.2) is 0 Å². The molecule has 0 bridgehead atoms. The molecule has 0 radical (unpaired) electrons. The van der Waals surface area contributed by atoms with Crippen LogP contribution in [0, 0.1) is 5.92 Å². The van der Waals surface area contributed by atoms with Crippen molar-refractivity contribution in [2.24, 2.45) is 5.92 Å². The van der Waals surface area contributed by atoms with Gasteiger partial charge in [-0.05, 0) is 38.8 Å². The van der Waals surface area contributed by atoms with Gasteiger partial charge in [-0.3, -0.25) is 0 Å². The molecule has 0 fully saturated rings. The summed E-state index contributed by atoms with van der Waals surface area (Å²) < 4.78 is 5.28. The second-order valence-electron chi connectivity index (χ2n) is 3.61. The first kappa shape index (κ1) is 12.9. The summed E-state index contributed by atoms with van der Waals surface area (Å²) in [4.78, 5) is 0. The fourth-order valence-corrected chi connectivity index (χ4v) is 1.33. The van der Waals surface area contributed by atoms with Gasteiger partial charge in [0.15, 0.2) is 0 Å². The van der Waals surface area contributed by atoms with Crippen molar-refractivity contribution in [3.05, 3.63) is 0 Å². The lowest BCUT2D eigenvalue weighted by molar-refractivity contribution is 0.142. The predicted molar refractivity (Wildman–Crippen MR) is 58.1 cm³/mol. The third kappa shape index (κ3) is 9.84. The highest BCUT2D eigenvalue weighted by Gasteiger charge is 1.99. The molecular formula is C11H25NO. The van der Waals surface area contributed by atoms with E-state index in [0.717, 1.165) is 32.2 Å². The zero-order valence-electron chi connectivity index (χ0n) is 9.44. The van der Waals surface area contributed by atoms with Crippen molar-refractivity contribution in [3.8, 4) is 0 Å². The summed E-state index contributed by atoms with van der Waals surface area (Å²) in [5.41, 5.74) is 0. The van der Waals surface area contributed by atoms with E-state index < -0.39 is 0 Å². The Morgan fingerprint density at radius 1 is 1.23 bits per heavy atom. The van der Waals surface area contributed by atoms with Crippen LogP contribution >= 0.6 is 0 Å². The molecule has 13 heavy (non-hydrogen) atoms. The molecule has 0 heterocycles. The second-order valence-corrected chi connectivity index (χ2v) is 3.61. The lowest BCUT2D eigenvalue weighted by atomic mass is 10.0. The van der Waals surface area contributed by atoms with E-state index >= 15 is 0 Å². The van der Waals surface area contributed by atoms with Gasteiger partial charge in [-0.25, -0.2) is 0 Å². The zero-order valence-corrected chi connectivity index (χ0v) is 9.44. The minimum absolute atomic E-state index is 0.807. The maximum absolute atomic E-state index is 5.28. The summed E-state index contributed by atoms with van der Waals surface area (Å²) in [6.07, 6.45) is 3.83. The summed E-state index contributed by atoms with van der Waals surface area (Å²) >= 11 is 0. The minimum atomic E-state index is 0.807. The van der Waals surface area contributed by atoms with Crippen LogP contribution in [0.3, 0.4) is 0 Å². The molecule has 0 amide bonds. The van der Waals surface area contributed by atoms with Crippen LogP contribution in [-0.2, 0) is 4.74 Å². The molecule has 2 heteroatoms. The zero-order chi connectivity index (χ0) is 9.94. The predicted octanol–water partition coefficient (Wildman–Crippen LogP) is 2.44. The van der Waals surface area contributed by atoms with E-state index in [1.54, 1.807) is 0 Å². The van der Waals surface area contributed by atoms with Crippen LogP contribution < -0.4 is 5.32 Å². The van der Waals surface area contributed by atoms with Crippen molar-refractivity contribution in [1.82, 2.24) is 5.32 Å². The summed E-state index contributed by atoms with van der Waals surface area (Å²) in [7, 11) is 0. The minimum Gasteiger partial charge on any atom is -0.382 e. The summed E-state index contributed by atoms with van der Waals surface area (Å²) in [5, 5.41) is 3.37. The fourth-order valence-electron chi connectivity index (χ4n) is 1.33. The molecule has 1 N–H and O–H groups in total. The normalized spacial score (nSPS) is 13.2. The Morgan fingerprint density at radius 2 is 2.00 bits per heavy atom. The quantitative estimate of drug-likeness (QED) is 0.560. The van der Waals surface area contributed by atoms with Gasteiger partial charge in [-0.2, -0.15) is 0 Å². The van der Waals surface area contributed by atoms with E-state index in [2.05, 4.69) is 19.2 Å². The Bertz CT molecular complexity index is 96.1. The SMILES string of the molecule is CCNCC(C)CCCCOCC. The Balaban J connectivity index is 3.03. The number of nitrogens with one attached hydrogen (secondary N) is 1. The van der Waals surface area contributed by atoms with Gasteiger partial charge in [0.25, 0.3) is 0 Å². The van der Waals surface area contributed by atoms with E-state index in [9.17, 15) is 0 Å². The van der Waals surface area contributed by atoms with Gasteiger partial charge >= 0.3 is 0 Å². The second kappa shape index (κ2) is 10.0. The molecule has 0 saturated carbocycles. The highest BCUT2D eigenvalue weighted by atomic mass is 16.5. The van der Waals surface area contributed by atoms with Gasteiger partial charge in [0.05, 0.1) is 0 Å². The highest BCUT2D eigenvalue weighted by Crippen LogP contribution is 2.06. The largest absolute Gasteiger partial charge is 0.382 e. The number of ether oxygens (including phenoxy) is 1. The Labute approximate surface area is 83.1 Å². The monoisotopic (exact) mass is 187 g/mol. The van der Waals surface area contributed by atoms with E-state index in [1.807, 2.05) is 6.92 Å². The van der Waals surface area contributed by atoms with Crippen LogP contribution in [0.2, 0.25) is 0 Å². The highest BCUT2D eigenvalue weighted by molar-refractivity contribution is 4.56. The molecule has 0 aromatic heterocycles. The molecule has 0 aliphatic carbocycles. The third-order valence-electron chi connectivity index (χ3n) is 2.18. The Kier molecular flexibility index (Phi) is 9.94. The van der Waals surface area contributed by atoms with Gasteiger partial charge in [0.2, 0.25) is 0 Å². The Hall–Kier alpha value is -0.0800. The van der Waals surface area contributed by atoms with Gasteiger partial charge in [0.1, 0.15) is 0 Å².